The molecule has 0 heterocycles. The second-order valence-corrected chi connectivity index (χ2v) is 8.43. The van der Waals surface area contributed by atoms with Crippen molar-refractivity contribution in [1.29, 1.82) is 0 Å². The van der Waals surface area contributed by atoms with Gasteiger partial charge in [0.15, 0.2) is 0 Å². The SMILES string of the molecule is CC(=O)N(C(=O)c1ccc(C(C)(C)C)cc1)C(CC(=O)OCc1ccccc1)C(F)(F)F. The van der Waals surface area contributed by atoms with Crippen LogP contribution in [0.3, 0.4) is 0 Å². The van der Waals surface area contributed by atoms with E-state index in [1.807, 2.05) is 20.8 Å². The van der Waals surface area contributed by atoms with Crippen LogP contribution < -0.4 is 0 Å². The molecule has 2 aromatic carbocycles. The van der Waals surface area contributed by atoms with Crippen LogP contribution in [0, 0.1) is 0 Å². The number of esters is 1. The van der Waals surface area contributed by atoms with Gasteiger partial charge in [-0.1, -0.05) is 63.2 Å². The Bertz CT molecular complexity index is 948. The van der Waals surface area contributed by atoms with E-state index < -0.39 is 36.4 Å². The highest BCUT2D eigenvalue weighted by atomic mass is 19.4. The second-order valence-electron chi connectivity index (χ2n) is 8.43. The molecule has 0 aliphatic rings. The molecule has 1 unspecified atom stereocenters. The van der Waals surface area contributed by atoms with Crippen LogP contribution in [0.15, 0.2) is 54.6 Å². The van der Waals surface area contributed by atoms with E-state index in [9.17, 15) is 27.6 Å². The molecule has 0 saturated carbocycles. The maximum Gasteiger partial charge on any atom is 0.409 e. The number of carbonyl (C=O) groups is 3. The summed E-state index contributed by atoms with van der Waals surface area (Å²) >= 11 is 0. The fourth-order valence-corrected chi connectivity index (χ4v) is 3.06. The number of carbonyl (C=O) groups excluding carboxylic acids is 3. The number of hydrogen-bond acceptors (Lipinski definition) is 4. The van der Waals surface area contributed by atoms with Gasteiger partial charge in [0.25, 0.3) is 5.91 Å². The van der Waals surface area contributed by atoms with E-state index in [0.29, 0.717) is 5.56 Å². The molecule has 0 radical (unpaired) electrons. The average molecular weight is 449 g/mol. The van der Waals surface area contributed by atoms with Gasteiger partial charge in [0.1, 0.15) is 12.6 Å². The summed E-state index contributed by atoms with van der Waals surface area (Å²) in [5, 5.41) is 0. The summed E-state index contributed by atoms with van der Waals surface area (Å²) in [5.74, 6) is -3.41. The van der Waals surface area contributed by atoms with Crippen molar-refractivity contribution in [1.82, 2.24) is 4.90 Å². The summed E-state index contributed by atoms with van der Waals surface area (Å²) in [4.78, 5) is 37.2. The Morgan fingerprint density at radius 2 is 1.50 bits per heavy atom. The molecule has 5 nitrogen and oxygen atoms in total. The molecule has 0 N–H and O–H groups in total. The second kappa shape index (κ2) is 9.97. The van der Waals surface area contributed by atoms with Gasteiger partial charge < -0.3 is 4.74 Å². The number of hydrogen-bond donors (Lipinski definition) is 0. The minimum Gasteiger partial charge on any atom is -0.461 e. The number of rotatable bonds is 6. The average Bonchev–Trinajstić information content (AvgIpc) is 2.71. The molecule has 2 aromatic rings. The lowest BCUT2D eigenvalue weighted by Gasteiger charge is -2.30. The number of benzene rings is 2. The van der Waals surface area contributed by atoms with Crippen molar-refractivity contribution in [3.63, 3.8) is 0 Å². The Morgan fingerprint density at radius 1 is 0.938 bits per heavy atom. The van der Waals surface area contributed by atoms with Crippen molar-refractivity contribution in [3.8, 4) is 0 Å². The lowest BCUT2D eigenvalue weighted by Crippen LogP contribution is -2.52. The molecule has 2 rings (SSSR count). The highest BCUT2D eigenvalue weighted by Gasteiger charge is 2.48. The van der Waals surface area contributed by atoms with Crippen molar-refractivity contribution in [2.45, 2.75) is 58.4 Å². The minimum atomic E-state index is -5.02. The maximum absolute atomic E-state index is 13.8. The minimum absolute atomic E-state index is 0.0792. The Hall–Kier alpha value is -3.16. The number of nitrogens with zero attached hydrogens (tertiary/aromatic N) is 1. The molecule has 0 aliphatic carbocycles. The van der Waals surface area contributed by atoms with Gasteiger partial charge in [-0.25, -0.2) is 0 Å². The Morgan fingerprint density at radius 3 is 1.97 bits per heavy atom. The lowest BCUT2D eigenvalue weighted by molar-refractivity contribution is -0.189. The zero-order valence-corrected chi connectivity index (χ0v) is 18.4. The van der Waals surface area contributed by atoms with E-state index in [2.05, 4.69) is 0 Å². The molecule has 2 amide bonds. The van der Waals surface area contributed by atoms with Gasteiger partial charge in [0, 0.05) is 12.5 Å². The number of ether oxygens (including phenoxy) is 1. The standard InChI is InChI=1S/C24H26F3NO4/c1-16(29)28(22(31)18-10-12-19(13-11-18)23(2,3)4)20(24(25,26)27)14-21(30)32-15-17-8-6-5-7-9-17/h5-13,20H,14-15H2,1-4H3. The molecule has 0 saturated heterocycles. The van der Waals surface area contributed by atoms with Crippen LogP contribution >= 0.6 is 0 Å². The van der Waals surface area contributed by atoms with Crippen molar-refractivity contribution < 1.29 is 32.3 Å². The Kier molecular flexibility index (Phi) is 7.83. The van der Waals surface area contributed by atoms with Crippen molar-refractivity contribution in [2.24, 2.45) is 0 Å². The molecule has 172 valence electrons. The van der Waals surface area contributed by atoms with Gasteiger partial charge in [-0.3, -0.25) is 19.3 Å². The number of halogens is 3. The molecule has 0 fully saturated rings. The topological polar surface area (TPSA) is 63.7 Å². The summed E-state index contributed by atoms with van der Waals surface area (Å²) in [5.41, 5.74) is 1.17. The quantitative estimate of drug-likeness (QED) is 0.580. The largest absolute Gasteiger partial charge is 0.461 e. The fourth-order valence-electron chi connectivity index (χ4n) is 3.06. The third-order valence-electron chi connectivity index (χ3n) is 4.85. The number of imide groups is 1. The number of amides is 2. The van der Waals surface area contributed by atoms with E-state index in [4.69, 9.17) is 4.74 Å². The normalized spacial score (nSPS) is 12.7. The maximum atomic E-state index is 13.8. The molecule has 32 heavy (non-hydrogen) atoms. The summed E-state index contributed by atoms with van der Waals surface area (Å²) in [6, 6.07) is 11.8. The molecule has 1 atom stereocenters. The molecule has 0 bridgehead atoms. The van der Waals surface area contributed by atoms with Gasteiger partial charge in [-0.05, 0) is 28.7 Å². The highest BCUT2D eigenvalue weighted by molar-refractivity contribution is 6.04. The summed E-state index contributed by atoms with van der Waals surface area (Å²) < 4.78 is 46.3. The molecule has 8 heteroatoms. The smallest absolute Gasteiger partial charge is 0.409 e. The summed E-state index contributed by atoms with van der Waals surface area (Å²) in [6.45, 7) is 6.49. The van der Waals surface area contributed by atoms with Crippen LogP contribution in [0.1, 0.15) is 55.6 Å². The first-order valence-electron chi connectivity index (χ1n) is 10.0. The van der Waals surface area contributed by atoms with Crippen molar-refractivity contribution >= 4 is 17.8 Å². The van der Waals surface area contributed by atoms with Gasteiger partial charge in [0.2, 0.25) is 5.91 Å². The van der Waals surface area contributed by atoms with Crippen molar-refractivity contribution in [2.75, 3.05) is 0 Å². The lowest BCUT2D eigenvalue weighted by atomic mass is 9.86. The van der Waals surface area contributed by atoms with Gasteiger partial charge in [0.05, 0.1) is 6.42 Å². The highest BCUT2D eigenvalue weighted by Crippen LogP contribution is 2.30. The predicted molar refractivity (Wildman–Crippen MR) is 113 cm³/mol. The molecule has 0 spiro atoms. The van der Waals surface area contributed by atoms with Gasteiger partial charge >= 0.3 is 12.1 Å². The first-order valence-corrected chi connectivity index (χ1v) is 10.0. The van der Waals surface area contributed by atoms with Crippen LogP contribution in [0.4, 0.5) is 13.2 Å². The molecular formula is C24H26F3NO4. The first-order chi connectivity index (χ1) is 14.8. The summed E-state index contributed by atoms with van der Waals surface area (Å²) in [6.07, 6.45) is -6.21. The zero-order chi connectivity index (χ0) is 24.1. The monoisotopic (exact) mass is 449 g/mol. The molecule has 0 aliphatic heterocycles. The number of alkyl halides is 3. The third kappa shape index (κ3) is 6.67. The van der Waals surface area contributed by atoms with E-state index in [1.54, 1.807) is 42.5 Å². The van der Waals surface area contributed by atoms with E-state index in [-0.39, 0.29) is 22.5 Å². The molecule has 0 aromatic heterocycles. The zero-order valence-electron chi connectivity index (χ0n) is 18.4. The Balaban J connectivity index is 2.24. The van der Waals surface area contributed by atoms with E-state index in [0.717, 1.165) is 12.5 Å². The predicted octanol–water partition coefficient (Wildman–Crippen LogP) is 5.04. The van der Waals surface area contributed by atoms with Crippen LogP contribution in [-0.2, 0) is 26.3 Å². The van der Waals surface area contributed by atoms with E-state index in [1.165, 1.54) is 12.1 Å². The molecular weight excluding hydrogens is 423 g/mol. The Labute approximate surface area is 185 Å². The van der Waals surface area contributed by atoms with Gasteiger partial charge in [-0.15, -0.1) is 0 Å². The van der Waals surface area contributed by atoms with E-state index >= 15 is 0 Å². The van der Waals surface area contributed by atoms with Crippen LogP contribution in [-0.4, -0.2) is 34.9 Å². The van der Waals surface area contributed by atoms with Crippen LogP contribution in [0.2, 0.25) is 0 Å². The summed E-state index contributed by atoms with van der Waals surface area (Å²) in [7, 11) is 0. The van der Waals surface area contributed by atoms with Crippen LogP contribution in [0.5, 0.6) is 0 Å². The van der Waals surface area contributed by atoms with Crippen molar-refractivity contribution in [3.05, 3.63) is 71.3 Å². The fraction of sp³-hybridized carbons (Fsp3) is 0.375. The van der Waals surface area contributed by atoms with Crippen LogP contribution in [0.25, 0.3) is 0 Å². The van der Waals surface area contributed by atoms with Gasteiger partial charge in [-0.2, -0.15) is 13.2 Å². The third-order valence-corrected chi connectivity index (χ3v) is 4.85. The first kappa shape index (κ1) is 25.1.